The smallest absolute Gasteiger partial charge is 1.00 e. The normalized spacial score (nSPS) is 10.6. The van der Waals surface area contributed by atoms with Gasteiger partial charge in [-0.2, -0.15) is 0 Å². The zero-order valence-corrected chi connectivity index (χ0v) is 11.3. The molecule has 0 aromatic carbocycles. The summed E-state index contributed by atoms with van der Waals surface area (Å²) in [7, 11) is 0. The first-order valence-corrected chi connectivity index (χ1v) is 4.15. The van der Waals surface area contributed by atoms with Crippen molar-refractivity contribution in [3.8, 4) is 0 Å². The molecule has 15 heavy (non-hydrogen) atoms. The molecule has 0 aromatic heterocycles. The van der Waals surface area contributed by atoms with Gasteiger partial charge in [0.15, 0.2) is 0 Å². The number of carbonyl (C=O) groups is 3. The number of nitrogens with one attached hydrogen (secondary N) is 1. The summed E-state index contributed by atoms with van der Waals surface area (Å²) in [4.78, 5) is 31.8. The van der Waals surface area contributed by atoms with Gasteiger partial charge in [-0.3, -0.25) is 4.79 Å². The molecule has 2 amide bonds. The number of hydrogen-bond acceptors (Lipinski definition) is 5. The maximum atomic E-state index is 10.9. The summed E-state index contributed by atoms with van der Waals surface area (Å²) in [5, 5.41) is 1.73. The SMILES string of the molecule is CCC(C)OC(=O)NC(=O)OC(C)=O.[H-].[Na+]. The summed E-state index contributed by atoms with van der Waals surface area (Å²) < 4.78 is 8.74. The van der Waals surface area contributed by atoms with Crippen LogP contribution in [0.5, 0.6) is 0 Å². The number of hydrogen-bond donors (Lipinski definition) is 1. The van der Waals surface area contributed by atoms with Gasteiger partial charge in [-0.25, -0.2) is 14.9 Å². The summed E-state index contributed by atoms with van der Waals surface area (Å²) in [6.07, 6.45) is -1.72. The molecule has 82 valence electrons. The molecular formula is C8H14NNaO5. The van der Waals surface area contributed by atoms with Crippen molar-refractivity contribution in [3.63, 3.8) is 0 Å². The molecule has 0 aliphatic carbocycles. The van der Waals surface area contributed by atoms with Crippen LogP contribution in [-0.2, 0) is 14.3 Å². The second-order valence-electron chi connectivity index (χ2n) is 2.63. The van der Waals surface area contributed by atoms with Gasteiger partial charge in [-0.15, -0.1) is 0 Å². The van der Waals surface area contributed by atoms with Crippen LogP contribution >= 0.6 is 0 Å². The van der Waals surface area contributed by atoms with E-state index in [1.54, 1.807) is 12.2 Å². The maximum absolute atomic E-state index is 10.9. The quantitative estimate of drug-likeness (QED) is 0.346. The first kappa shape index (κ1) is 16.8. The summed E-state index contributed by atoms with van der Waals surface area (Å²) in [6.45, 7) is 4.56. The first-order valence-electron chi connectivity index (χ1n) is 4.15. The monoisotopic (exact) mass is 227 g/mol. The van der Waals surface area contributed by atoms with E-state index < -0.39 is 18.2 Å². The molecule has 0 radical (unpaired) electrons. The Labute approximate surface area is 111 Å². The Kier molecular flexibility index (Phi) is 9.76. The molecule has 0 aromatic rings. The molecule has 0 fully saturated rings. The third-order valence-corrected chi connectivity index (χ3v) is 1.32. The summed E-state index contributed by atoms with van der Waals surface area (Å²) >= 11 is 0. The fourth-order valence-electron chi connectivity index (χ4n) is 0.535. The minimum absolute atomic E-state index is 0. The summed E-state index contributed by atoms with van der Waals surface area (Å²) in [6, 6.07) is 0. The van der Waals surface area contributed by atoms with Crippen LogP contribution in [0.2, 0.25) is 0 Å². The Morgan fingerprint density at radius 2 is 1.87 bits per heavy atom. The van der Waals surface area contributed by atoms with E-state index in [4.69, 9.17) is 0 Å². The minimum Gasteiger partial charge on any atom is -1.00 e. The molecule has 1 unspecified atom stereocenters. The largest absolute Gasteiger partial charge is 1.00 e. The van der Waals surface area contributed by atoms with Gasteiger partial charge >= 0.3 is 47.7 Å². The van der Waals surface area contributed by atoms with Crippen molar-refractivity contribution in [2.45, 2.75) is 33.3 Å². The van der Waals surface area contributed by atoms with Crippen LogP contribution in [-0.4, -0.2) is 24.3 Å². The minimum atomic E-state index is -1.13. The Morgan fingerprint density at radius 1 is 1.33 bits per heavy atom. The number of esters is 1. The Hall–Kier alpha value is -0.590. The van der Waals surface area contributed by atoms with E-state index in [0.717, 1.165) is 6.92 Å². The van der Waals surface area contributed by atoms with Crippen molar-refractivity contribution in [2.24, 2.45) is 0 Å². The number of amides is 2. The fourth-order valence-corrected chi connectivity index (χ4v) is 0.535. The molecule has 0 heterocycles. The molecule has 0 spiro atoms. The van der Waals surface area contributed by atoms with Crippen LogP contribution < -0.4 is 34.9 Å². The molecule has 6 nitrogen and oxygen atoms in total. The predicted octanol–water partition coefficient (Wildman–Crippen LogP) is -1.69. The van der Waals surface area contributed by atoms with Gasteiger partial charge in [0.25, 0.3) is 0 Å². The van der Waals surface area contributed by atoms with Gasteiger partial charge in [-0.1, -0.05) is 6.92 Å². The number of imide groups is 1. The van der Waals surface area contributed by atoms with Crippen LogP contribution in [0.25, 0.3) is 0 Å². The van der Waals surface area contributed by atoms with Crippen molar-refractivity contribution < 1.29 is 54.8 Å². The molecule has 0 bridgehead atoms. The number of ether oxygens (including phenoxy) is 2. The fraction of sp³-hybridized carbons (Fsp3) is 0.625. The van der Waals surface area contributed by atoms with Crippen LogP contribution in [0.15, 0.2) is 0 Å². The van der Waals surface area contributed by atoms with E-state index in [9.17, 15) is 14.4 Å². The Morgan fingerprint density at radius 3 is 2.27 bits per heavy atom. The summed E-state index contributed by atoms with van der Waals surface area (Å²) in [5.41, 5.74) is 0. The van der Waals surface area contributed by atoms with E-state index in [2.05, 4.69) is 9.47 Å². The van der Waals surface area contributed by atoms with Crippen LogP contribution in [0, 0.1) is 0 Å². The molecule has 0 saturated carbocycles. The van der Waals surface area contributed by atoms with Crippen LogP contribution in [0.3, 0.4) is 0 Å². The van der Waals surface area contributed by atoms with E-state index >= 15 is 0 Å². The third kappa shape index (κ3) is 9.71. The molecule has 1 N–H and O–H groups in total. The van der Waals surface area contributed by atoms with Gasteiger partial charge in [-0.05, 0) is 13.3 Å². The standard InChI is InChI=1S/C8H13NO5.Na.H/c1-4-5(2)13-7(11)9-8(12)14-6(3)10;;/h5H,4H2,1-3H3,(H,9,11,12);;/q;+1;-1. The average molecular weight is 227 g/mol. The van der Waals surface area contributed by atoms with Crippen LogP contribution in [0.4, 0.5) is 9.59 Å². The molecule has 0 saturated heterocycles. The van der Waals surface area contributed by atoms with Gasteiger partial charge in [0.05, 0.1) is 0 Å². The van der Waals surface area contributed by atoms with Crippen molar-refractivity contribution in [1.82, 2.24) is 5.32 Å². The molecule has 1 atom stereocenters. The van der Waals surface area contributed by atoms with Crippen molar-refractivity contribution in [2.75, 3.05) is 0 Å². The molecule has 7 heteroatoms. The van der Waals surface area contributed by atoms with Gasteiger partial charge < -0.3 is 10.9 Å². The Bertz CT molecular complexity index is 249. The molecule has 0 aliphatic rings. The number of carbonyl (C=O) groups excluding carboxylic acids is 3. The van der Waals surface area contributed by atoms with Gasteiger partial charge in [0.2, 0.25) is 0 Å². The zero-order chi connectivity index (χ0) is 11.1. The predicted molar refractivity (Wildman–Crippen MR) is 47.6 cm³/mol. The number of rotatable bonds is 2. The van der Waals surface area contributed by atoms with E-state index in [1.807, 2.05) is 6.92 Å². The second-order valence-corrected chi connectivity index (χ2v) is 2.63. The summed E-state index contributed by atoms with van der Waals surface area (Å²) in [5.74, 6) is -0.793. The molecular weight excluding hydrogens is 213 g/mol. The van der Waals surface area contributed by atoms with Crippen LogP contribution in [0.1, 0.15) is 28.6 Å². The molecule has 0 aliphatic heterocycles. The van der Waals surface area contributed by atoms with E-state index in [1.165, 1.54) is 0 Å². The maximum Gasteiger partial charge on any atom is 1.00 e. The first-order chi connectivity index (χ1) is 6.45. The zero-order valence-electron chi connectivity index (χ0n) is 10.3. The van der Waals surface area contributed by atoms with Gasteiger partial charge in [0.1, 0.15) is 6.10 Å². The van der Waals surface area contributed by atoms with E-state index in [-0.39, 0.29) is 37.1 Å². The molecule has 0 rings (SSSR count). The van der Waals surface area contributed by atoms with Gasteiger partial charge in [0, 0.05) is 6.92 Å². The van der Waals surface area contributed by atoms with Crippen molar-refractivity contribution in [3.05, 3.63) is 0 Å². The second kappa shape index (κ2) is 8.70. The van der Waals surface area contributed by atoms with Crippen molar-refractivity contribution >= 4 is 18.2 Å². The Balaban J connectivity index is -0.000000845. The third-order valence-electron chi connectivity index (χ3n) is 1.32. The van der Waals surface area contributed by atoms with Crippen molar-refractivity contribution in [1.29, 1.82) is 0 Å². The van der Waals surface area contributed by atoms with E-state index in [0.29, 0.717) is 6.42 Å². The average Bonchev–Trinajstić information content (AvgIpc) is 2.01. The number of alkyl carbamates (subject to hydrolysis) is 2. The topological polar surface area (TPSA) is 81.7 Å².